The van der Waals surface area contributed by atoms with Crippen molar-refractivity contribution in [3.05, 3.63) is 72.9 Å². The smallest absolute Gasteiger partial charge is 0.306 e. The molecule has 0 spiro atoms. The molecule has 422 valence electrons. The molecule has 2 fully saturated rings. The number of aliphatic hydroxyl groups excluding tert-OH is 7. The summed E-state index contributed by atoms with van der Waals surface area (Å²) < 4.78 is 34.4. The van der Waals surface area contributed by atoms with Gasteiger partial charge in [0.1, 0.15) is 54.9 Å². The lowest BCUT2D eigenvalue weighted by Gasteiger charge is -2.42. The Hall–Kier alpha value is -2.57. The largest absolute Gasteiger partial charge is 0.457 e. The van der Waals surface area contributed by atoms with Crippen LogP contribution in [0.5, 0.6) is 0 Å². The van der Waals surface area contributed by atoms with Crippen LogP contribution >= 0.6 is 0 Å². The number of allylic oxidation sites excluding steroid dienone is 12. The third-order valence-electron chi connectivity index (χ3n) is 13.2. The zero-order chi connectivity index (χ0) is 53.0. The van der Waals surface area contributed by atoms with E-state index in [2.05, 4.69) is 86.8 Å². The summed E-state index contributed by atoms with van der Waals surface area (Å²) in [6.45, 7) is 3.54. The van der Waals surface area contributed by atoms with E-state index >= 15 is 0 Å². The number of esters is 1. The van der Waals surface area contributed by atoms with Gasteiger partial charge in [-0.25, -0.2) is 0 Å². The summed E-state index contributed by atoms with van der Waals surface area (Å²) in [5.74, 6) is -0.391. The van der Waals surface area contributed by atoms with Crippen LogP contribution in [0.3, 0.4) is 0 Å². The maximum absolute atomic E-state index is 13.1. The highest BCUT2D eigenvalue weighted by Gasteiger charge is 2.47. The van der Waals surface area contributed by atoms with Gasteiger partial charge in [0.15, 0.2) is 12.6 Å². The first kappa shape index (κ1) is 66.5. The first-order chi connectivity index (χ1) is 35.6. The van der Waals surface area contributed by atoms with Crippen LogP contribution in [0.15, 0.2) is 72.9 Å². The van der Waals surface area contributed by atoms with E-state index in [1.807, 2.05) is 0 Å². The molecule has 0 amide bonds. The van der Waals surface area contributed by atoms with Gasteiger partial charge in [-0.05, 0) is 83.5 Å². The second-order valence-electron chi connectivity index (χ2n) is 19.7. The summed E-state index contributed by atoms with van der Waals surface area (Å²) in [6.07, 6.45) is 41.0. The molecule has 2 saturated heterocycles. The molecule has 0 aromatic rings. The molecule has 0 bridgehead atoms. The number of carbonyl (C=O) groups is 1. The fourth-order valence-electron chi connectivity index (χ4n) is 8.60. The van der Waals surface area contributed by atoms with Gasteiger partial charge < -0.3 is 64.2 Å². The summed E-state index contributed by atoms with van der Waals surface area (Å²) in [5.41, 5.74) is 0. The molecule has 2 heterocycles. The normalized spacial score (nSPS) is 25.5. The van der Waals surface area contributed by atoms with Gasteiger partial charge in [0.05, 0.1) is 26.4 Å². The number of hydrogen-bond donors (Lipinski definition) is 7. The average molecular weight is 1040 g/mol. The lowest BCUT2D eigenvalue weighted by molar-refractivity contribution is -0.332. The van der Waals surface area contributed by atoms with Gasteiger partial charge in [-0.15, -0.1) is 0 Å². The third-order valence-corrected chi connectivity index (χ3v) is 13.2. The van der Waals surface area contributed by atoms with Crippen molar-refractivity contribution >= 4 is 5.97 Å². The second kappa shape index (κ2) is 45.6. The van der Waals surface area contributed by atoms with Crippen molar-refractivity contribution in [3.63, 3.8) is 0 Å². The highest BCUT2D eigenvalue weighted by atomic mass is 16.7. The van der Waals surface area contributed by atoms with Crippen molar-refractivity contribution in [2.45, 2.75) is 261 Å². The summed E-state index contributed by atoms with van der Waals surface area (Å²) >= 11 is 0. The molecule has 11 unspecified atom stereocenters. The van der Waals surface area contributed by atoms with E-state index in [4.69, 9.17) is 28.4 Å². The molecule has 14 heteroatoms. The van der Waals surface area contributed by atoms with Gasteiger partial charge in [-0.1, -0.05) is 177 Å². The molecule has 14 nitrogen and oxygen atoms in total. The first-order valence-electron chi connectivity index (χ1n) is 28.5. The molecule has 0 aliphatic carbocycles. The van der Waals surface area contributed by atoms with Gasteiger partial charge in [0, 0.05) is 13.0 Å². The molecule has 11 atom stereocenters. The molecular weight excluding hydrogens is 933 g/mol. The number of aliphatic hydroxyl groups is 7. The Kier molecular flexibility index (Phi) is 41.6. The maximum Gasteiger partial charge on any atom is 0.306 e. The van der Waals surface area contributed by atoms with Crippen molar-refractivity contribution < 1.29 is 69.0 Å². The fraction of sp³-hybridized carbons (Fsp3) is 0.780. The maximum atomic E-state index is 13.1. The Morgan fingerprint density at radius 1 is 0.466 bits per heavy atom. The minimum atomic E-state index is -1.71. The Morgan fingerprint density at radius 2 is 0.890 bits per heavy atom. The monoisotopic (exact) mass is 1030 g/mol. The number of ether oxygens (including phenoxy) is 6. The Bertz CT molecular complexity index is 1480. The molecule has 73 heavy (non-hydrogen) atoms. The van der Waals surface area contributed by atoms with Crippen LogP contribution in [0.2, 0.25) is 0 Å². The number of hydrogen-bond acceptors (Lipinski definition) is 14. The van der Waals surface area contributed by atoms with E-state index in [1.54, 1.807) is 0 Å². The topological polar surface area (TPSA) is 214 Å². The second-order valence-corrected chi connectivity index (χ2v) is 19.7. The zero-order valence-electron chi connectivity index (χ0n) is 45.1. The van der Waals surface area contributed by atoms with Gasteiger partial charge >= 0.3 is 5.97 Å². The predicted octanol–water partition coefficient (Wildman–Crippen LogP) is 9.86. The average Bonchev–Trinajstić information content (AvgIpc) is 3.39. The van der Waals surface area contributed by atoms with Gasteiger partial charge in [-0.2, -0.15) is 0 Å². The van der Waals surface area contributed by atoms with E-state index < -0.39 is 86.7 Å². The summed E-state index contributed by atoms with van der Waals surface area (Å²) in [6, 6.07) is 0. The quantitative estimate of drug-likeness (QED) is 0.0172. The Labute approximate surface area is 440 Å². The molecule has 0 aromatic heterocycles. The lowest BCUT2D eigenvalue weighted by atomic mass is 9.98. The van der Waals surface area contributed by atoms with Crippen LogP contribution in [0.25, 0.3) is 0 Å². The summed E-state index contributed by atoms with van der Waals surface area (Å²) in [7, 11) is 0. The summed E-state index contributed by atoms with van der Waals surface area (Å²) in [4.78, 5) is 13.1. The zero-order valence-corrected chi connectivity index (χ0v) is 45.1. The van der Waals surface area contributed by atoms with Crippen LogP contribution in [0.4, 0.5) is 0 Å². The molecule has 2 aliphatic rings. The van der Waals surface area contributed by atoms with Crippen LogP contribution in [0.1, 0.15) is 194 Å². The van der Waals surface area contributed by atoms with Crippen molar-refractivity contribution in [3.8, 4) is 0 Å². The van der Waals surface area contributed by atoms with Crippen molar-refractivity contribution in [1.29, 1.82) is 0 Å². The van der Waals surface area contributed by atoms with Gasteiger partial charge in [-0.3, -0.25) is 4.79 Å². The fourth-order valence-corrected chi connectivity index (χ4v) is 8.60. The molecule has 0 aromatic carbocycles. The highest BCUT2D eigenvalue weighted by molar-refractivity contribution is 5.69. The van der Waals surface area contributed by atoms with Crippen molar-refractivity contribution in [2.75, 3.05) is 33.0 Å². The van der Waals surface area contributed by atoms with Crippen LogP contribution < -0.4 is 0 Å². The Balaban J connectivity index is 1.73. The molecule has 0 radical (unpaired) electrons. The predicted molar refractivity (Wildman–Crippen MR) is 289 cm³/mol. The number of unbranched alkanes of at least 4 members (excludes halogenated alkanes) is 19. The highest BCUT2D eigenvalue weighted by Crippen LogP contribution is 2.26. The van der Waals surface area contributed by atoms with E-state index in [1.165, 1.54) is 77.0 Å². The van der Waals surface area contributed by atoms with E-state index in [0.717, 1.165) is 89.9 Å². The van der Waals surface area contributed by atoms with Crippen LogP contribution in [-0.4, -0.2) is 142 Å². The SMILES string of the molecule is CC/C=C\C/C=C\C/C=C\C/C=C\C/C=C\CCCCCCCCCC(=O)OC(COCCCCCCCC/C=C\CCCCCCCC)COC1OC(COC2OC(CO)C(O)C(O)C2O)C(O)C(O)C1O. The van der Waals surface area contributed by atoms with E-state index in [0.29, 0.717) is 13.0 Å². The van der Waals surface area contributed by atoms with Crippen LogP contribution in [-0.2, 0) is 33.2 Å². The minimum Gasteiger partial charge on any atom is -0.457 e. The van der Waals surface area contributed by atoms with Gasteiger partial charge in [0.2, 0.25) is 0 Å². The minimum absolute atomic E-state index is 0.0497. The van der Waals surface area contributed by atoms with Crippen molar-refractivity contribution in [2.24, 2.45) is 0 Å². The third kappa shape index (κ3) is 32.6. The number of rotatable bonds is 45. The molecular formula is C59H102O14. The Morgan fingerprint density at radius 3 is 1.41 bits per heavy atom. The van der Waals surface area contributed by atoms with Gasteiger partial charge in [0.25, 0.3) is 0 Å². The molecule has 2 rings (SSSR count). The molecule has 0 saturated carbocycles. The van der Waals surface area contributed by atoms with E-state index in [-0.39, 0.29) is 19.6 Å². The van der Waals surface area contributed by atoms with E-state index in [9.17, 15) is 40.5 Å². The number of carbonyl (C=O) groups excluding carboxylic acids is 1. The first-order valence-corrected chi connectivity index (χ1v) is 28.5. The summed E-state index contributed by atoms with van der Waals surface area (Å²) in [5, 5.41) is 72.3. The van der Waals surface area contributed by atoms with Crippen molar-refractivity contribution in [1.82, 2.24) is 0 Å². The molecule has 7 N–H and O–H groups in total. The molecule has 2 aliphatic heterocycles. The standard InChI is InChI=1S/C59H102O14/c1-3-5-7-9-11-13-15-17-19-21-22-23-24-25-26-27-28-30-32-34-36-38-40-42-51(61)71-48(45-68-43-41-39-37-35-33-31-29-20-18-16-14-12-10-8-6-4-2)46-69-58-57(67)55(65)53(63)50(73-58)47-70-59-56(66)54(64)52(62)49(44-60)72-59/h5,7,11,13,17-20,22-23,25-26,48-50,52-60,62-67H,3-4,6,8-10,12,14-16,21,24,27-47H2,1-2H3/b7-5-,13-11-,19-17-,20-18-,23-22-,26-25-. The van der Waals surface area contributed by atoms with Crippen LogP contribution in [0, 0.1) is 0 Å². The lowest BCUT2D eigenvalue weighted by Crippen LogP contribution is -2.61.